The van der Waals surface area contributed by atoms with Crippen molar-refractivity contribution in [2.24, 2.45) is 5.92 Å². The van der Waals surface area contributed by atoms with Crippen LogP contribution in [0.1, 0.15) is 48.0 Å². The minimum Gasteiger partial charge on any atom is -0.332 e. The van der Waals surface area contributed by atoms with Gasteiger partial charge in [-0.15, -0.1) is 0 Å². The third kappa shape index (κ3) is 5.63. The molecule has 1 saturated carbocycles. The highest BCUT2D eigenvalue weighted by molar-refractivity contribution is 7.80. The number of rotatable bonds is 4. The second-order valence-electron chi connectivity index (χ2n) is 7.18. The van der Waals surface area contributed by atoms with Gasteiger partial charge in [0.05, 0.1) is 0 Å². The maximum Gasteiger partial charge on any atom is 0.255 e. The Hall–Kier alpha value is -2.73. The summed E-state index contributed by atoms with van der Waals surface area (Å²) in [5.41, 5.74) is 3.10. The number of aryl methyl sites for hydroxylation is 1. The van der Waals surface area contributed by atoms with Crippen molar-refractivity contribution >= 4 is 40.5 Å². The second kappa shape index (κ2) is 9.46. The average Bonchev–Trinajstić information content (AvgIpc) is 2.70. The number of carbonyl (C=O) groups excluding carboxylic acids is 2. The summed E-state index contributed by atoms with van der Waals surface area (Å²) in [6.45, 7) is 1.95. The first kappa shape index (κ1) is 20.0. The first-order valence-electron chi connectivity index (χ1n) is 9.61. The van der Waals surface area contributed by atoms with E-state index in [0.29, 0.717) is 16.4 Å². The van der Waals surface area contributed by atoms with Crippen LogP contribution in [0.3, 0.4) is 0 Å². The normalized spacial score (nSPS) is 14.2. The van der Waals surface area contributed by atoms with E-state index in [0.717, 1.165) is 36.9 Å². The summed E-state index contributed by atoms with van der Waals surface area (Å²) in [5.74, 6) is -0.0911. The fraction of sp³-hybridized carbons (Fsp3) is 0.318. The van der Waals surface area contributed by atoms with Crippen molar-refractivity contribution in [1.29, 1.82) is 0 Å². The second-order valence-corrected chi connectivity index (χ2v) is 7.59. The average molecular weight is 396 g/mol. The molecule has 2 amide bonds. The largest absolute Gasteiger partial charge is 0.332 e. The Balaban J connectivity index is 1.51. The molecule has 146 valence electrons. The van der Waals surface area contributed by atoms with Crippen LogP contribution in [0.5, 0.6) is 0 Å². The first-order chi connectivity index (χ1) is 13.5. The minimum absolute atomic E-state index is 0.000706. The number of benzene rings is 2. The Morgan fingerprint density at radius 1 is 0.929 bits per heavy atom. The molecule has 0 heterocycles. The van der Waals surface area contributed by atoms with Crippen molar-refractivity contribution in [2.45, 2.75) is 39.0 Å². The third-order valence-corrected chi connectivity index (χ3v) is 5.10. The number of carbonyl (C=O) groups is 2. The molecule has 3 rings (SSSR count). The number of hydrogen-bond donors (Lipinski definition) is 3. The highest BCUT2D eigenvalue weighted by Gasteiger charge is 2.21. The standard InChI is InChI=1S/C22H25N3O2S/c1-15-6-5-9-17(14-15)21(27)23-18-10-12-19(13-11-18)24-22(28)25-20(26)16-7-3-2-4-8-16/h5-6,9-14,16H,2-4,7-8H2,1H3,(H,23,27)(H2,24,25,26,28). The topological polar surface area (TPSA) is 70.2 Å². The molecule has 3 N–H and O–H groups in total. The van der Waals surface area contributed by atoms with Gasteiger partial charge in [0.15, 0.2) is 5.11 Å². The van der Waals surface area contributed by atoms with Crippen molar-refractivity contribution in [2.75, 3.05) is 10.6 Å². The number of anilines is 2. The third-order valence-electron chi connectivity index (χ3n) is 4.89. The van der Waals surface area contributed by atoms with Gasteiger partial charge in [0.2, 0.25) is 5.91 Å². The summed E-state index contributed by atoms with van der Waals surface area (Å²) in [5, 5.41) is 8.97. The number of nitrogens with one attached hydrogen (secondary N) is 3. The molecule has 2 aromatic rings. The molecule has 1 aliphatic carbocycles. The fourth-order valence-electron chi connectivity index (χ4n) is 3.37. The van der Waals surface area contributed by atoms with E-state index in [9.17, 15) is 9.59 Å². The molecule has 28 heavy (non-hydrogen) atoms. The lowest BCUT2D eigenvalue weighted by Gasteiger charge is -2.21. The van der Waals surface area contributed by atoms with E-state index in [1.54, 1.807) is 18.2 Å². The summed E-state index contributed by atoms with van der Waals surface area (Å²) in [7, 11) is 0. The van der Waals surface area contributed by atoms with Crippen LogP contribution in [0, 0.1) is 12.8 Å². The van der Waals surface area contributed by atoms with E-state index in [1.165, 1.54) is 6.42 Å². The lowest BCUT2D eigenvalue weighted by molar-refractivity contribution is -0.124. The first-order valence-corrected chi connectivity index (χ1v) is 10.0. The molecule has 2 aromatic carbocycles. The van der Waals surface area contributed by atoms with Crippen molar-refractivity contribution in [3.8, 4) is 0 Å². The van der Waals surface area contributed by atoms with E-state index in [-0.39, 0.29) is 17.7 Å². The van der Waals surface area contributed by atoms with Gasteiger partial charge in [0.1, 0.15) is 0 Å². The molecule has 0 bridgehead atoms. The summed E-state index contributed by atoms with van der Waals surface area (Å²) in [4.78, 5) is 24.6. The zero-order valence-corrected chi connectivity index (χ0v) is 16.8. The van der Waals surface area contributed by atoms with Crippen molar-refractivity contribution in [3.63, 3.8) is 0 Å². The zero-order chi connectivity index (χ0) is 19.9. The summed E-state index contributed by atoms with van der Waals surface area (Å²) in [6, 6.07) is 14.6. The van der Waals surface area contributed by atoms with E-state index in [1.807, 2.05) is 37.3 Å². The minimum atomic E-state index is -0.153. The molecule has 5 nitrogen and oxygen atoms in total. The molecule has 0 aliphatic heterocycles. The maximum atomic E-state index is 12.3. The van der Waals surface area contributed by atoms with Gasteiger partial charge in [-0.2, -0.15) is 0 Å². The Labute approximate surface area is 170 Å². The van der Waals surface area contributed by atoms with Crippen LogP contribution in [0.15, 0.2) is 48.5 Å². The van der Waals surface area contributed by atoms with Gasteiger partial charge in [0, 0.05) is 22.9 Å². The maximum absolute atomic E-state index is 12.3. The van der Waals surface area contributed by atoms with Gasteiger partial charge in [-0.1, -0.05) is 37.0 Å². The molecule has 0 radical (unpaired) electrons. The van der Waals surface area contributed by atoms with Crippen LogP contribution in [0.25, 0.3) is 0 Å². The lowest BCUT2D eigenvalue weighted by Crippen LogP contribution is -2.38. The number of hydrogen-bond acceptors (Lipinski definition) is 3. The summed E-state index contributed by atoms with van der Waals surface area (Å²) >= 11 is 5.25. The van der Waals surface area contributed by atoms with E-state index < -0.39 is 0 Å². The Kier molecular flexibility index (Phi) is 6.76. The molecule has 0 unspecified atom stereocenters. The predicted octanol–water partition coefficient (Wildman–Crippen LogP) is 4.64. The monoisotopic (exact) mass is 395 g/mol. The summed E-state index contributed by atoms with van der Waals surface area (Å²) < 4.78 is 0. The Morgan fingerprint density at radius 2 is 1.57 bits per heavy atom. The number of amides is 2. The van der Waals surface area contributed by atoms with Crippen molar-refractivity contribution in [3.05, 3.63) is 59.7 Å². The quantitative estimate of drug-likeness (QED) is 0.660. The number of thiocarbonyl (C=S) groups is 1. The molecule has 0 atom stereocenters. The molecule has 1 aliphatic rings. The van der Waals surface area contributed by atoms with E-state index in [4.69, 9.17) is 12.2 Å². The Morgan fingerprint density at radius 3 is 2.21 bits per heavy atom. The highest BCUT2D eigenvalue weighted by atomic mass is 32.1. The molecular weight excluding hydrogens is 370 g/mol. The molecular formula is C22H25N3O2S. The van der Waals surface area contributed by atoms with Gasteiger partial charge in [-0.3, -0.25) is 9.59 Å². The highest BCUT2D eigenvalue weighted by Crippen LogP contribution is 2.23. The fourth-order valence-corrected chi connectivity index (χ4v) is 3.59. The summed E-state index contributed by atoms with van der Waals surface area (Å²) in [6.07, 6.45) is 5.29. The van der Waals surface area contributed by atoms with Gasteiger partial charge in [-0.05, 0) is 68.4 Å². The van der Waals surface area contributed by atoms with Crippen molar-refractivity contribution < 1.29 is 9.59 Å². The van der Waals surface area contributed by atoms with E-state index in [2.05, 4.69) is 16.0 Å². The van der Waals surface area contributed by atoms with Gasteiger partial charge < -0.3 is 16.0 Å². The lowest BCUT2D eigenvalue weighted by atomic mass is 9.89. The molecule has 6 heteroatoms. The molecule has 0 spiro atoms. The van der Waals surface area contributed by atoms with Gasteiger partial charge >= 0.3 is 0 Å². The van der Waals surface area contributed by atoms with Gasteiger partial charge in [-0.25, -0.2) is 0 Å². The van der Waals surface area contributed by atoms with Crippen LogP contribution in [-0.4, -0.2) is 16.9 Å². The van der Waals surface area contributed by atoms with Crippen LogP contribution in [-0.2, 0) is 4.79 Å². The molecule has 0 saturated heterocycles. The Bertz CT molecular complexity index is 858. The molecule has 1 fully saturated rings. The van der Waals surface area contributed by atoms with Gasteiger partial charge in [0.25, 0.3) is 5.91 Å². The van der Waals surface area contributed by atoms with Crippen LogP contribution in [0.4, 0.5) is 11.4 Å². The van der Waals surface area contributed by atoms with Crippen LogP contribution < -0.4 is 16.0 Å². The van der Waals surface area contributed by atoms with Crippen LogP contribution >= 0.6 is 12.2 Å². The van der Waals surface area contributed by atoms with Crippen LogP contribution in [0.2, 0.25) is 0 Å². The zero-order valence-electron chi connectivity index (χ0n) is 16.0. The smallest absolute Gasteiger partial charge is 0.255 e. The predicted molar refractivity (Wildman–Crippen MR) is 117 cm³/mol. The molecule has 0 aromatic heterocycles. The SMILES string of the molecule is Cc1cccc(C(=O)Nc2ccc(NC(=S)NC(=O)C3CCCCC3)cc2)c1. The van der Waals surface area contributed by atoms with Crippen molar-refractivity contribution in [1.82, 2.24) is 5.32 Å². The van der Waals surface area contributed by atoms with E-state index >= 15 is 0 Å².